The zero-order valence-electron chi connectivity index (χ0n) is 8.20. The molecule has 0 radical (unpaired) electrons. The summed E-state index contributed by atoms with van der Waals surface area (Å²) in [4.78, 5) is 20.2. The lowest BCUT2D eigenvalue weighted by Gasteiger charge is -2.08. The molecule has 0 aromatic heterocycles. The Labute approximate surface area is 90.6 Å². The Morgan fingerprint density at radius 1 is 1.62 bits per heavy atom. The van der Waals surface area contributed by atoms with Gasteiger partial charge in [0.2, 0.25) is 0 Å². The monoisotopic (exact) mass is 226 g/mol. The number of rotatable bonds is 5. The topological polar surface area (TPSA) is 116 Å². The van der Waals surface area contributed by atoms with E-state index >= 15 is 0 Å². The Kier molecular flexibility index (Phi) is 3.78. The van der Waals surface area contributed by atoms with Crippen LogP contribution in [0.1, 0.15) is 0 Å². The number of carboxylic acids is 1. The number of hydrogen-bond acceptors (Lipinski definition) is 5. The molecule has 0 aliphatic rings. The summed E-state index contributed by atoms with van der Waals surface area (Å²) in [5, 5.41) is 18.9. The average Bonchev–Trinajstić information content (AvgIpc) is 2.26. The van der Waals surface area contributed by atoms with Crippen molar-refractivity contribution in [1.29, 1.82) is 0 Å². The number of aliphatic carboxylic acids is 1. The van der Waals surface area contributed by atoms with Crippen molar-refractivity contribution in [2.45, 2.75) is 6.04 Å². The lowest BCUT2D eigenvalue weighted by molar-refractivity contribution is -0.384. The van der Waals surface area contributed by atoms with Crippen LogP contribution in [0, 0.1) is 10.1 Å². The summed E-state index contributed by atoms with van der Waals surface area (Å²) < 4.78 is 5.01. The fourth-order valence-electron chi connectivity index (χ4n) is 0.944. The maximum atomic E-state index is 10.4. The molecule has 16 heavy (non-hydrogen) atoms. The molecule has 1 rings (SSSR count). The first-order chi connectivity index (χ1) is 7.50. The second-order valence-electron chi connectivity index (χ2n) is 3.01. The van der Waals surface area contributed by atoms with Gasteiger partial charge in [0.15, 0.2) is 0 Å². The summed E-state index contributed by atoms with van der Waals surface area (Å²) in [6, 6.07) is 4.29. The van der Waals surface area contributed by atoms with Crippen LogP contribution in [0.3, 0.4) is 0 Å². The summed E-state index contributed by atoms with van der Waals surface area (Å²) in [6.07, 6.45) is 0. The van der Waals surface area contributed by atoms with Crippen molar-refractivity contribution in [2.75, 3.05) is 6.61 Å². The minimum absolute atomic E-state index is 0.124. The predicted octanol–water partition coefficient (Wildman–Crippen LogP) is 0.385. The van der Waals surface area contributed by atoms with Gasteiger partial charge in [-0.05, 0) is 6.07 Å². The van der Waals surface area contributed by atoms with Crippen LogP contribution in [0.5, 0.6) is 5.75 Å². The van der Waals surface area contributed by atoms with Gasteiger partial charge in [-0.25, -0.2) is 0 Å². The van der Waals surface area contributed by atoms with E-state index in [-0.39, 0.29) is 18.0 Å². The second-order valence-corrected chi connectivity index (χ2v) is 3.01. The summed E-state index contributed by atoms with van der Waals surface area (Å²) in [7, 11) is 0. The highest BCUT2D eigenvalue weighted by Gasteiger charge is 2.13. The van der Waals surface area contributed by atoms with Crippen LogP contribution in [-0.4, -0.2) is 28.6 Å². The molecule has 0 bridgehead atoms. The second kappa shape index (κ2) is 5.08. The third kappa shape index (κ3) is 3.21. The van der Waals surface area contributed by atoms with Crippen LogP contribution < -0.4 is 10.5 Å². The SMILES string of the molecule is NC(COc1cccc([N+](=O)[O-])c1)C(=O)O. The van der Waals surface area contributed by atoms with Crippen molar-refractivity contribution in [1.82, 2.24) is 0 Å². The standard InChI is InChI=1S/C9H10N2O5/c10-8(9(12)13)5-16-7-3-1-2-6(4-7)11(14)15/h1-4,8H,5,10H2,(H,12,13). The maximum absolute atomic E-state index is 10.4. The van der Waals surface area contributed by atoms with Crippen LogP contribution in [0.25, 0.3) is 0 Å². The van der Waals surface area contributed by atoms with E-state index in [1.807, 2.05) is 0 Å². The van der Waals surface area contributed by atoms with Gasteiger partial charge in [-0.15, -0.1) is 0 Å². The molecule has 7 heteroatoms. The molecular formula is C9H10N2O5. The first kappa shape index (κ1) is 11.9. The van der Waals surface area contributed by atoms with Crippen LogP contribution in [0.4, 0.5) is 5.69 Å². The van der Waals surface area contributed by atoms with Crippen LogP contribution in [0.2, 0.25) is 0 Å². The molecule has 0 saturated carbocycles. The van der Waals surface area contributed by atoms with Gasteiger partial charge in [0.1, 0.15) is 18.4 Å². The van der Waals surface area contributed by atoms with E-state index in [2.05, 4.69) is 0 Å². The Morgan fingerprint density at radius 2 is 2.31 bits per heavy atom. The number of carboxylic acid groups (broad SMARTS) is 1. The molecule has 86 valence electrons. The smallest absolute Gasteiger partial charge is 0.324 e. The van der Waals surface area contributed by atoms with Gasteiger partial charge in [0.05, 0.1) is 11.0 Å². The van der Waals surface area contributed by atoms with Crippen LogP contribution in [-0.2, 0) is 4.79 Å². The third-order valence-corrected chi connectivity index (χ3v) is 1.78. The molecule has 1 aromatic rings. The molecule has 1 atom stereocenters. The minimum atomic E-state index is -1.19. The number of nitro groups is 1. The van der Waals surface area contributed by atoms with Gasteiger partial charge in [0.25, 0.3) is 5.69 Å². The van der Waals surface area contributed by atoms with Crippen molar-refractivity contribution < 1.29 is 19.6 Å². The molecule has 0 aliphatic heterocycles. The van der Waals surface area contributed by atoms with E-state index in [0.717, 1.165) is 0 Å². The largest absolute Gasteiger partial charge is 0.491 e. The number of nitrogens with two attached hydrogens (primary N) is 1. The number of nitrogens with zero attached hydrogens (tertiary/aromatic N) is 1. The van der Waals surface area contributed by atoms with Crippen LogP contribution >= 0.6 is 0 Å². The number of nitro benzene ring substituents is 1. The quantitative estimate of drug-likeness (QED) is 0.554. The van der Waals surface area contributed by atoms with E-state index in [4.69, 9.17) is 15.6 Å². The molecule has 0 aliphatic carbocycles. The van der Waals surface area contributed by atoms with Gasteiger partial charge in [-0.1, -0.05) is 6.07 Å². The first-order valence-corrected chi connectivity index (χ1v) is 4.36. The fraction of sp³-hybridized carbons (Fsp3) is 0.222. The lowest BCUT2D eigenvalue weighted by Crippen LogP contribution is -2.36. The predicted molar refractivity (Wildman–Crippen MR) is 54.2 cm³/mol. The number of ether oxygens (including phenoxy) is 1. The number of hydrogen-bond donors (Lipinski definition) is 2. The normalized spacial score (nSPS) is 11.8. The molecule has 0 amide bonds. The maximum Gasteiger partial charge on any atom is 0.324 e. The van der Waals surface area contributed by atoms with Crippen molar-refractivity contribution in [3.8, 4) is 5.75 Å². The van der Waals surface area contributed by atoms with Crippen LogP contribution in [0.15, 0.2) is 24.3 Å². The third-order valence-electron chi connectivity index (χ3n) is 1.78. The Bertz CT molecular complexity index is 407. The molecule has 0 spiro atoms. The first-order valence-electron chi connectivity index (χ1n) is 4.36. The van der Waals surface area contributed by atoms with Gasteiger partial charge in [-0.3, -0.25) is 14.9 Å². The van der Waals surface area contributed by atoms with Crippen molar-refractivity contribution in [2.24, 2.45) is 5.73 Å². The average molecular weight is 226 g/mol. The zero-order chi connectivity index (χ0) is 12.1. The number of benzene rings is 1. The molecule has 0 saturated heterocycles. The Hall–Kier alpha value is -2.15. The number of non-ortho nitro benzene ring substituents is 1. The highest BCUT2D eigenvalue weighted by atomic mass is 16.6. The van der Waals surface area contributed by atoms with Gasteiger partial charge < -0.3 is 15.6 Å². The molecule has 0 fully saturated rings. The summed E-state index contributed by atoms with van der Waals surface area (Å²) in [6.45, 7) is -0.240. The van der Waals surface area contributed by atoms with E-state index in [1.165, 1.54) is 24.3 Å². The highest BCUT2D eigenvalue weighted by Crippen LogP contribution is 2.18. The van der Waals surface area contributed by atoms with E-state index in [0.29, 0.717) is 0 Å². The Morgan fingerprint density at radius 3 is 2.88 bits per heavy atom. The van der Waals surface area contributed by atoms with E-state index < -0.39 is 16.9 Å². The molecule has 3 N–H and O–H groups in total. The molecule has 1 aromatic carbocycles. The molecule has 0 heterocycles. The highest BCUT2D eigenvalue weighted by molar-refractivity contribution is 5.73. The summed E-state index contributed by atoms with van der Waals surface area (Å²) >= 11 is 0. The lowest BCUT2D eigenvalue weighted by atomic mass is 10.3. The van der Waals surface area contributed by atoms with Gasteiger partial charge >= 0.3 is 5.97 Å². The fourth-order valence-corrected chi connectivity index (χ4v) is 0.944. The van der Waals surface area contributed by atoms with E-state index in [9.17, 15) is 14.9 Å². The Balaban J connectivity index is 2.64. The van der Waals surface area contributed by atoms with Gasteiger partial charge in [-0.2, -0.15) is 0 Å². The molecular weight excluding hydrogens is 216 g/mol. The minimum Gasteiger partial charge on any atom is -0.491 e. The zero-order valence-corrected chi connectivity index (χ0v) is 8.20. The number of carbonyl (C=O) groups is 1. The van der Waals surface area contributed by atoms with Crippen molar-refractivity contribution in [3.05, 3.63) is 34.4 Å². The summed E-state index contributed by atoms with van der Waals surface area (Å²) in [5.74, 6) is -0.976. The van der Waals surface area contributed by atoms with Crippen molar-refractivity contribution in [3.63, 3.8) is 0 Å². The van der Waals surface area contributed by atoms with Crippen molar-refractivity contribution >= 4 is 11.7 Å². The van der Waals surface area contributed by atoms with E-state index in [1.54, 1.807) is 0 Å². The molecule has 1 unspecified atom stereocenters. The van der Waals surface area contributed by atoms with Gasteiger partial charge in [0, 0.05) is 6.07 Å². The summed E-state index contributed by atoms with van der Waals surface area (Å²) in [5.41, 5.74) is 5.08. The molecule has 7 nitrogen and oxygen atoms in total.